The van der Waals surface area contributed by atoms with E-state index in [0.717, 1.165) is 31.0 Å². The number of alkyl halides is 4. The molecule has 1 aromatic carbocycles. The minimum atomic E-state index is -3.12. The second-order valence-electron chi connectivity index (χ2n) is 8.56. The van der Waals surface area contributed by atoms with E-state index in [1.807, 2.05) is 0 Å². The van der Waals surface area contributed by atoms with Crippen LogP contribution in [0.1, 0.15) is 48.9 Å². The number of rotatable bonds is 7. The Morgan fingerprint density at radius 1 is 1.16 bits per heavy atom. The largest absolute Gasteiger partial charge is 0.435 e. The number of aliphatic hydroxyl groups is 1. The van der Waals surface area contributed by atoms with E-state index in [2.05, 4.69) is 15.0 Å². The van der Waals surface area contributed by atoms with Gasteiger partial charge in [0.1, 0.15) is 11.6 Å². The molecule has 1 aliphatic carbocycles. The third kappa shape index (κ3) is 7.03. The zero-order chi connectivity index (χ0) is 22.6. The fraction of sp³-hybridized carbons (Fsp3) is 0.667. The van der Waals surface area contributed by atoms with Gasteiger partial charge in [0.2, 0.25) is 5.92 Å². The Bertz CT molecular complexity index is 759. The Hall–Kier alpha value is -1.94. The minimum Gasteiger partial charge on any atom is -0.435 e. The van der Waals surface area contributed by atoms with Crippen LogP contribution in [0.4, 0.5) is 22.0 Å². The number of benzene rings is 1. The topological polar surface area (TPSA) is 61.8 Å². The quantitative estimate of drug-likeness (QED) is 0.621. The number of amides is 1. The van der Waals surface area contributed by atoms with Gasteiger partial charge in [0.05, 0.1) is 5.60 Å². The van der Waals surface area contributed by atoms with Gasteiger partial charge in [-0.2, -0.15) is 8.78 Å². The molecule has 0 bridgehead atoms. The number of nitrogens with zero attached hydrogens (tertiary/aromatic N) is 1. The average Bonchev–Trinajstić information content (AvgIpc) is 2.69. The van der Waals surface area contributed by atoms with Gasteiger partial charge in [-0.05, 0) is 56.8 Å². The highest BCUT2D eigenvalue weighted by molar-refractivity contribution is 5.94. The predicted molar refractivity (Wildman–Crippen MR) is 103 cm³/mol. The van der Waals surface area contributed by atoms with Crippen molar-refractivity contribution in [2.75, 3.05) is 26.2 Å². The third-order valence-electron chi connectivity index (χ3n) is 6.05. The second kappa shape index (κ2) is 9.68. The summed E-state index contributed by atoms with van der Waals surface area (Å²) in [6.45, 7) is -1.08. The molecule has 0 spiro atoms. The lowest BCUT2D eigenvalue weighted by molar-refractivity contribution is -0.114. The fourth-order valence-electron chi connectivity index (χ4n) is 4.21. The maximum Gasteiger partial charge on any atom is 0.387 e. The van der Waals surface area contributed by atoms with Gasteiger partial charge in [-0.25, -0.2) is 13.2 Å². The molecule has 2 aliphatic rings. The van der Waals surface area contributed by atoms with E-state index in [0.29, 0.717) is 26.2 Å². The van der Waals surface area contributed by atoms with Crippen molar-refractivity contribution in [3.63, 3.8) is 0 Å². The van der Waals surface area contributed by atoms with Gasteiger partial charge in [-0.15, -0.1) is 0 Å². The molecule has 1 aromatic rings. The SMILES string of the molecule is O=C(NCC1CCN(CC2(O)CCC(F)(F)CC2)CC1)c1cc(F)cc(OC(F)F)c1. The summed E-state index contributed by atoms with van der Waals surface area (Å²) in [6, 6.07) is 2.78. The van der Waals surface area contributed by atoms with Crippen LogP contribution in [-0.2, 0) is 0 Å². The summed E-state index contributed by atoms with van der Waals surface area (Å²) in [6.07, 6.45) is 1.07. The first kappa shape index (κ1) is 23.7. The predicted octanol–water partition coefficient (Wildman–Crippen LogP) is 3.81. The molecular weight excluding hydrogens is 423 g/mol. The summed E-state index contributed by atoms with van der Waals surface area (Å²) < 4.78 is 69.0. The van der Waals surface area contributed by atoms with Gasteiger partial charge < -0.3 is 20.1 Å². The van der Waals surface area contributed by atoms with E-state index < -0.39 is 35.6 Å². The van der Waals surface area contributed by atoms with Crippen LogP contribution in [-0.4, -0.2) is 60.2 Å². The molecule has 1 saturated heterocycles. The van der Waals surface area contributed by atoms with Gasteiger partial charge in [0, 0.05) is 37.6 Å². The van der Waals surface area contributed by atoms with Crippen molar-refractivity contribution < 1.29 is 36.6 Å². The van der Waals surface area contributed by atoms with Gasteiger partial charge in [-0.3, -0.25) is 4.79 Å². The Morgan fingerprint density at radius 3 is 2.42 bits per heavy atom. The zero-order valence-corrected chi connectivity index (χ0v) is 17.1. The van der Waals surface area contributed by atoms with Crippen LogP contribution in [0.25, 0.3) is 0 Å². The highest BCUT2D eigenvalue weighted by Crippen LogP contribution is 2.39. The number of hydrogen-bond acceptors (Lipinski definition) is 4. The van der Waals surface area contributed by atoms with Crippen LogP contribution in [0.2, 0.25) is 0 Å². The van der Waals surface area contributed by atoms with Crippen molar-refractivity contribution >= 4 is 5.91 Å². The standard InChI is InChI=1S/C21H27F5N2O3/c22-16-9-15(10-17(11-16)31-19(23)24)18(29)27-12-14-1-7-28(8-2-14)13-20(30)3-5-21(25,26)6-4-20/h9-11,14,19,30H,1-8,12-13H2,(H,27,29). The number of carbonyl (C=O) groups is 1. The average molecular weight is 450 g/mol. The van der Waals surface area contributed by atoms with Crippen LogP contribution in [0, 0.1) is 11.7 Å². The van der Waals surface area contributed by atoms with E-state index >= 15 is 0 Å². The molecule has 1 heterocycles. The number of β-amino-alcohol motifs (C(OH)–C–C–N with tert-alkyl or cyclic N) is 1. The number of hydrogen-bond donors (Lipinski definition) is 2. The first-order chi connectivity index (χ1) is 14.5. The van der Waals surface area contributed by atoms with Crippen molar-refractivity contribution in [2.24, 2.45) is 5.92 Å². The van der Waals surface area contributed by atoms with Gasteiger partial charge in [0.15, 0.2) is 0 Å². The van der Waals surface area contributed by atoms with Crippen molar-refractivity contribution in [1.29, 1.82) is 0 Å². The zero-order valence-electron chi connectivity index (χ0n) is 17.1. The molecule has 1 amide bonds. The smallest absolute Gasteiger partial charge is 0.387 e. The summed E-state index contributed by atoms with van der Waals surface area (Å²) in [4.78, 5) is 14.3. The van der Waals surface area contributed by atoms with E-state index in [1.165, 1.54) is 0 Å². The van der Waals surface area contributed by atoms with Crippen LogP contribution in [0.5, 0.6) is 5.75 Å². The van der Waals surface area contributed by atoms with Crippen molar-refractivity contribution in [3.05, 3.63) is 29.6 Å². The summed E-state index contributed by atoms with van der Waals surface area (Å²) >= 11 is 0. The molecule has 0 unspecified atom stereocenters. The number of ether oxygens (including phenoxy) is 1. The molecule has 3 rings (SSSR count). The molecule has 0 radical (unpaired) electrons. The number of likely N-dealkylation sites (tertiary alicyclic amines) is 1. The van der Waals surface area contributed by atoms with Crippen molar-refractivity contribution in [2.45, 2.75) is 56.7 Å². The molecule has 2 N–H and O–H groups in total. The Kier molecular flexibility index (Phi) is 7.41. The summed E-state index contributed by atoms with van der Waals surface area (Å²) in [5, 5.41) is 13.3. The van der Waals surface area contributed by atoms with E-state index in [9.17, 15) is 31.9 Å². The molecule has 2 fully saturated rings. The van der Waals surface area contributed by atoms with Crippen molar-refractivity contribution in [1.82, 2.24) is 10.2 Å². The third-order valence-corrected chi connectivity index (χ3v) is 6.05. The minimum absolute atomic E-state index is 0.0842. The normalized spacial score (nSPS) is 21.8. The van der Waals surface area contributed by atoms with Gasteiger partial charge in [0.25, 0.3) is 5.91 Å². The van der Waals surface area contributed by atoms with E-state index in [4.69, 9.17) is 0 Å². The second-order valence-corrected chi connectivity index (χ2v) is 8.56. The highest BCUT2D eigenvalue weighted by Gasteiger charge is 2.43. The maximum absolute atomic E-state index is 13.6. The number of piperidine rings is 1. The van der Waals surface area contributed by atoms with Gasteiger partial charge in [-0.1, -0.05) is 0 Å². The molecule has 5 nitrogen and oxygen atoms in total. The Balaban J connectivity index is 1.43. The number of nitrogens with one attached hydrogen (secondary N) is 1. The molecule has 0 aromatic heterocycles. The monoisotopic (exact) mass is 450 g/mol. The summed E-state index contributed by atoms with van der Waals surface area (Å²) in [7, 11) is 0. The van der Waals surface area contributed by atoms with E-state index in [1.54, 1.807) is 0 Å². The Morgan fingerprint density at radius 2 is 1.81 bits per heavy atom. The molecule has 10 heteroatoms. The number of halogens is 5. The first-order valence-electron chi connectivity index (χ1n) is 10.4. The number of carbonyl (C=O) groups excluding carboxylic acids is 1. The van der Waals surface area contributed by atoms with Crippen LogP contribution in [0.3, 0.4) is 0 Å². The van der Waals surface area contributed by atoms with Crippen LogP contribution in [0.15, 0.2) is 18.2 Å². The molecule has 0 atom stereocenters. The fourth-order valence-corrected chi connectivity index (χ4v) is 4.21. The molecular formula is C21H27F5N2O3. The molecule has 174 valence electrons. The lowest BCUT2D eigenvalue weighted by atomic mass is 9.82. The first-order valence-corrected chi connectivity index (χ1v) is 10.4. The maximum atomic E-state index is 13.6. The lowest BCUT2D eigenvalue weighted by Crippen LogP contribution is -2.50. The van der Waals surface area contributed by atoms with Crippen LogP contribution < -0.4 is 10.1 Å². The molecule has 1 aliphatic heterocycles. The van der Waals surface area contributed by atoms with Crippen LogP contribution >= 0.6 is 0 Å². The lowest BCUT2D eigenvalue weighted by Gasteiger charge is -2.41. The summed E-state index contributed by atoms with van der Waals surface area (Å²) in [5.74, 6) is -4.39. The summed E-state index contributed by atoms with van der Waals surface area (Å²) in [5.41, 5.74) is -1.19. The highest BCUT2D eigenvalue weighted by atomic mass is 19.3. The molecule has 31 heavy (non-hydrogen) atoms. The van der Waals surface area contributed by atoms with Crippen molar-refractivity contribution in [3.8, 4) is 5.75 Å². The molecule has 1 saturated carbocycles. The van der Waals surface area contributed by atoms with Gasteiger partial charge >= 0.3 is 6.61 Å². The Labute approximate surface area is 177 Å². The van der Waals surface area contributed by atoms with E-state index in [-0.39, 0.29) is 37.2 Å².